The largest absolute Gasteiger partial charge is 0.487 e. The average Bonchev–Trinajstić information content (AvgIpc) is 3.02. The van der Waals surface area contributed by atoms with Crippen LogP contribution in [0.1, 0.15) is 56.5 Å². The Morgan fingerprint density at radius 2 is 1.47 bits per heavy atom. The van der Waals surface area contributed by atoms with Crippen LogP contribution in [0.4, 0.5) is 4.79 Å². The van der Waals surface area contributed by atoms with Gasteiger partial charge in [0.2, 0.25) is 6.41 Å². The zero-order chi connectivity index (χ0) is 26.9. The van der Waals surface area contributed by atoms with E-state index in [0.717, 1.165) is 8.95 Å². The van der Waals surface area contributed by atoms with E-state index in [4.69, 9.17) is 14.3 Å². The summed E-state index contributed by atoms with van der Waals surface area (Å²) >= 11 is 6.72. The minimum atomic E-state index is -1.04. The van der Waals surface area contributed by atoms with Crippen molar-refractivity contribution in [2.45, 2.75) is 57.3 Å². The Morgan fingerprint density at radius 3 is 2.06 bits per heavy atom. The zero-order valence-corrected chi connectivity index (χ0v) is 23.4. The van der Waals surface area contributed by atoms with Gasteiger partial charge in [-0.25, -0.2) is 4.79 Å². The van der Waals surface area contributed by atoms with Crippen molar-refractivity contribution in [1.29, 1.82) is 0 Å². The van der Waals surface area contributed by atoms with Gasteiger partial charge in [-0.15, -0.1) is 0 Å². The maximum atomic E-state index is 12.3. The SMILES string of the molecule is CC1(C)CC(=O)c2cc(Br)ccc2O1.CC1(C)CC2(NC(=O)NC2=O)c2cc(Br)ccc2O1.NC=O. The van der Waals surface area contributed by atoms with E-state index < -0.39 is 17.2 Å². The summed E-state index contributed by atoms with van der Waals surface area (Å²) in [6, 6.07) is 10.5. The van der Waals surface area contributed by atoms with Crippen LogP contribution in [0.5, 0.6) is 11.5 Å². The van der Waals surface area contributed by atoms with E-state index in [-0.39, 0.29) is 23.7 Å². The lowest BCUT2D eigenvalue weighted by molar-refractivity contribution is -0.127. The summed E-state index contributed by atoms with van der Waals surface area (Å²) in [5.41, 5.74) is 3.58. The number of carbonyl (C=O) groups is 4. The van der Waals surface area contributed by atoms with Crippen molar-refractivity contribution >= 4 is 56.0 Å². The van der Waals surface area contributed by atoms with Gasteiger partial charge in [0, 0.05) is 20.9 Å². The van der Waals surface area contributed by atoms with Gasteiger partial charge in [0.05, 0.1) is 12.0 Å². The second-order valence-electron chi connectivity index (χ2n) is 9.73. The molecule has 1 spiro atoms. The molecule has 3 aliphatic rings. The highest BCUT2D eigenvalue weighted by molar-refractivity contribution is 9.10. The first-order valence-corrected chi connectivity index (χ1v) is 12.6. The first-order valence-electron chi connectivity index (χ1n) is 11.0. The summed E-state index contributed by atoms with van der Waals surface area (Å²) in [7, 11) is 0. The number of urea groups is 1. The second kappa shape index (κ2) is 10.2. The predicted octanol–water partition coefficient (Wildman–Crippen LogP) is 4.34. The van der Waals surface area contributed by atoms with E-state index in [1.165, 1.54) is 0 Å². The molecule has 9 nitrogen and oxygen atoms in total. The molecule has 4 N–H and O–H groups in total. The van der Waals surface area contributed by atoms with E-state index in [0.29, 0.717) is 35.5 Å². The topological polar surface area (TPSA) is 137 Å². The van der Waals surface area contributed by atoms with E-state index in [2.05, 4.69) is 48.2 Å². The average molecular weight is 625 g/mol. The van der Waals surface area contributed by atoms with Gasteiger partial charge in [-0.2, -0.15) is 0 Å². The molecule has 3 aliphatic heterocycles. The number of halogens is 2. The van der Waals surface area contributed by atoms with Crippen LogP contribution >= 0.6 is 31.9 Å². The molecule has 5 rings (SSSR count). The third-order valence-electron chi connectivity index (χ3n) is 5.63. The Labute approximate surface area is 225 Å². The molecule has 1 atom stereocenters. The fourth-order valence-electron chi connectivity index (χ4n) is 4.42. The van der Waals surface area contributed by atoms with Gasteiger partial charge in [0.15, 0.2) is 11.3 Å². The number of Topliss-reactive ketones (excluding diaryl/α,β-unsaturated/α-hetero) is 1. The number of nitrogens with one attached hydrogen (secondary N) is 2. The van der Waals surface area contributed by atoms with Gasteiger partial charge < -0.3 is 20.5 Å². The molecule has 11 heteroatoms. The lowest BCUT2D eigenvalue weighted by Gasteiger charge is -2.42. The maximum absolute atomic E-state index is 12.3. The Morgan fingerprint density at radius 1 is 0.917 bits per heavy atom. The van der Waals surface area contributed by atoms with E-state index >= 15 is 0 Å². The van der Waals surface area contributed by atoms with Gasteiger partial charge >= 0.3 is 6.03 Å². The predicted molar refractivity (Wildman–Crippen MR) is 140 cm³/mol. The molecular weight excluding hydrogens is 598 g/mol. The minimum Gasteiger partial charge on any atom is -0.487 e. The van der Waals surface area contributed by atoms with E-state index in [1.807, 2.05) is 58.0 Å². The molecular formula is C25H27Br2N3O6. The highest BCUT2D eigenvalue weighted by atomic mass is 79.9. The molecule has 2 aromatic rings. The van der Waals surface area contributed by atoms with E-state index in [1.54, 1.807) is 6.07 Å². The van der Waals surface area contributed by atoms with Crippen molar-refractivity contribution in [2.75, 3.05) is 0 Å². The van der Waals surface area contributed by atoms with Crippen LogP contribution in [0.2, 0.25) is 0 Å². The Bertz CT molecular complexity index is 1230. The highest BCUT2D eigenvalue weighted by Crippen LogP contribution is 2.45. The van der Waals surface area contributed by atoms with E-state index in [9.17, 15) is 14.4 Å². The molecule has 0 aliphatic carbocycles. The molecule has 0 radical (unpaired) electrons. The maximum Gasteiger partial charge on any atom is 0.322 e. The van der Waals surface area contributed by atoms with Crippen LogP contribution in [0.3, 0.4) is 0 Å². The third-order valence-corrected chi connectivity index (χ3v) is 6.62. The summed E-state index contributed by atoms with van der Waals surface area (Å²) in [5, 5.41) is 5.07. The monoisotopic (exact) mass is 623 g/mol. The number of hydrogen-bond donors (Lipinski definition) is 3. The van der Waals surface area contributed by atoms with Crippen molar-refractivity contribution in [3.63, 3.8) is 0 Å². The molecule has 0 aromatic heterocycles. The van der Waals surface area contributed by atoms with Crippen molar-refractivity contribution in [3.05, 3.63) is 56.5 Å². The third kappa shape index (κ3) is 5.89. The van der Waals surface area contributed by atoms with Crippen LogP contribution in [0.25, 0.3) is 0 Å². The Balaban J connectivity index is 0.000000188. The van der Waals surface area contributed by atoms with Gasteiger partial charge in [-0.05, 0) is 64.1 Å². The first kappa shape index (κ1) is 27.7. The number of nitrogens with two attached hydrogens (primary N) is 1. The smallest absolute Gasteiger partial charge is 0.322 e. The number of fused-ring (bicyclic) bond motifs is 3. The molecule has 1 saturated heterocycles. The quantitative estimate of drug-likeness (QED) is 0.295. The van der Waals surface area contributed by atoms with Crippen molar-refractivity contribution in [3.8, 4) is 11.5 Å². The van der Waals surface area contributed by atoms with Crippen LogP contribution in [0.15, 0.2) is 45.3 Å². The number of primary amides is 1. The van der Waals surface area contributed by atoms with Crippen molar-refractivity contribution in [1.82, 2.24) is 10.6 Å². The van der Waals surface area contributed by atoms with Crippen LogP contribution in [-0.2, 0) is 15.1 Å². The van der Waals surface area contributed by atoms with Crippen LogP contribution in [-0.4, -0.2) is 35.3 Å². The van der Waals surface area contributed by atoms with Crippen LogP contribution in [0, 0.1) is 0 Å². The fourth-order valence-corrected chi connectivity index (χ4v) is 5.14. The molecule has 4 amide bonds. The highest BCUT2D eigenvalue weighted by Gasteiger charge is 2.55. The molecule has 0 saturated carbocycles. The Kier molecular flexibility index (Phi) is 7.85. The number of amides is 4. The summed E-state index contributed by atoms with van der Waals surface area (Å²) in [4.78, 5) is 44.1. The number of carbonyl (C=O) groups excluding carboxylic acids is 4. The molecule has 3 heterocycles. The van der Waals surface area contributed by atoms with Crippen molar-refractivity contribution < 1.29 is 28.7 Å². The molecule has 1 fully saturated rings. The molecule has 36 heavy (non-hydrogen) atoms. The first-order chi connectivity index (χ1) is 16.7. The molecule has 2 aromatic carbocycles. The Hall–Kier alpha value is -2.92. The van der Waals surface area contributed by atoms with Gasteiger partial charge in [0.1, 0.15) is 22.7 Å². The minimum absolute atomic E-state index is 0.151. The number of rotatable bonds is 0. The lowest BCUT2D eigenvalue weighted by Crippen LogP contribution is -2.53. The summed E-state index contributed by atoms with van der Waals surface area (Å²) in [5.74, 6) is 1.14. The molecule has 1 unspecified atom stereocenters. The number of ether oxygens (including phenoxy) is 2. The lowest BCUT2D eigenvalue weighted by atomic mass is 9.77. The standard InChI is InChI=1S/C13H13BrN2O3.C11H11BrO2.CH3NO/c1-12(2)6-13(10(17)15-11(18)16-13)8-5-7(14)3-4-9(8)19-12;1-11(2)6-9(13)8-5-7(12)3-4-10(8)14-11;2-1-3/h3-5H,6H2,1-2H3,(H2,15,16,17,18);3-5H,6H2,1-2H3;1H,(H2,2,3). The number of benzene rings is 2. The van der Waals surface area contributed by atoms with Crippen molar-refractivity contribution in [2.24, 2.45) is 5.73 Å². The number of hydrogen-bond acceptors (Lipinski definition) is 6. The van der Waals surface area contributed by atoms with Gasteiger partial charge in [-0.1, -0.05) is 31.9 Å². The number of imide groups is 1. The second-order valence-corrected chi connectivity index (χ2v) is 11.6. The number of ketones is 1. The molecule has 0 bridgehead atoms. The zero-order valence-electron chi connectivity index (χ0n) is 20.2. The van der Waals surface area contributed by atoms with Crippen LogP contribution < -0.4 is 25.8 Å². The summed E-state index contributed by atoms with van der Waals surface area (Å²) in [6.07, 6.45) is 1.08. The van der Waals surface area contributed by atoms with Gasteiger partial charge in [0.25, 0.3) is 5.91 Å². The fraction of sp³-hybridized carbons (Fsp3) is 0.360. The summed E-state index contributed by atoms with van der Waals surface area (Å²) in [6.45, 7) is 7.65. The normalized spacial score (nSPS) is 22.1. The summed E-state index contributed by atoms with van der Waals surface area (Å²) < 4.78 is 13.3. The van der Waals surface area contributed by atoms with Gasteiger partial charge in [-0.3, -0.25) is 19.7 Å². The molecule has 192 valence electrons.